The molecule has 0 aromatic carbocycles. The second-order valence-electron chi connectivity index (χ2n) is 10.2. The standard InChI is InChI=1S/C23H30O8/c1-11-7-14-13(20(27)28-11)8-16-22(5,30-14)10-15(29-12(2)24)19-21(3,4)31-18(26)9-17(25)23(16,19)6/h7,15-17,19,25H,8-10H2,1-6H3. The van der Waals surface area contributed by atoms with E-state index in [0.717, 1.165) is 0 Å². The maximum Gasteiger partial charge on any atom is 0.342 e. The van der Waals surface area contributed by atoms with Gasteiger partial charge < -0.3 is 23.7 Å². The average Bonchev–Trinajstić information content (AvgIpc) is 2.64. The van der Waals surface area contributed by atoms with Gasteiger partial charge in [-0.05, 0) is 34.1 Å². The number of aliphatic hydroxyl groups is 1. The summed E-state index contributed by atoms with van der Waals surface area (Å²) in [5.74, 6) is -0.931. The van der Waals surface area contributed by atoms with Crippen LogP contribution in [0.5, 0.6) is 5.75 Å². The van der Waals surface area contributed by atoms with Crippen LogP contribution in [0.3, 0.4) is 0 Å². The molecule has 0 spiro atoms. The van der Waals surface area contributed by atoms with Crippen molar-refractivity contribution in [3.8, 4) is 5.75 Å². The third kappa shape index (κ3) is 3.26. The first kappa shape index (κ1) is 21.9. The number of hydrogen-bond donors (Lipinski definition) is 1. The number of carbonyl (C=O) groups is 2. The molecule has 6 unspecified atom stereocenters. The fourth-order valence-electron chi connectivity index (χ4n) is 6.56. The van der Waals surface area contributed by atoms with E-state index in [1.165, 1.54) is 6.92 Å². The minimum absolute atomic E-state index is 0.189. The molecule has 8 heteroatoms. The van der Waals surface area contributed by atoms with Crippen molar-refractivity contribution in [2.24, 2.45) is 17.3 Å². The van der Waals surface area contributed by atoms with Gasteiger partial charge in [-0.2, -0.15) is 0 Å². The molecule has 1 saturated heterocycles. The van der Waals surface area contributed by atoms with Crippen LogP contribution in [0.4, 0.5) is 0 Å². The van der Waals surface area contributed by atoms with Gasteiger partial charge in [-0.1, -0.05) is 6.92 Å². The van der Waals surface area contributed by atoms with Crippen LogP contribution in [-0.4, -0.2) is 40.5 Å². The molecule has 3 heterocycles. The van der Waals surface area contributed by atoms with E-state index in [-0.39, 0.29) is 12.3 Å². The first-order chi connectivity index (χ1) is 14.3. The summed E-state index contributed by atoms with van der Waals surface area (Å²) in [4.78, 5) is 37.1. The van der Waals surface area contributed by atoms with Crippen LogP contribution in [0.1, 0.15) is 58.8 Å². The Morgan fingerprint density at radius 2 is 1.84 bits per heavy atom. The number of cyclic esters (lactones) is 1. The Balaban J connectivity index is 1.93. The van der Waals surface area contributed by atoms with Crippen molar-refractivity contribution in [2.45, 2.75) is 84.2 Å². The normalized spacial score (nSPS) is 38.5. The predicted molar refractivity (Wildman–Crippen MR) is 109 cm³/mol. The molecule has 2 fully saturated rings. The van der Waals surface area contributed by atoms with Gasteiger partial charge in [0, 0.05) is 36.7 Å². The maximum atomic E-state index is 12.6. The predicted octanol–water partition coefficient (Wildman–Crippen LogP) is 2.30. The lowest BCUT2D eigenvalue weighted by molar-refractivity contribution is -0.237. The summed E-state index contributed by atoms with van der Waals surface area (Å²) in [5, 5.41) is 11.3. The number of fused-ring (bicyclic) bond motifs is 4. The van der Waals surface area contributed by atoms with E-state index in [1.54, 1.807) is 26.8 Å². The highest BCUT2D eigenvalue weighted by Gasteiger charge is 2.68. The highest BCUT2D eigenvalue weighted by atomic mass is 16.6. The summed E-state index contributed by atoms with van der Waals surface area (Å²) >= 11 is 0. The summed E-state index contributed by atoms with van der Waals surface area (Å²) < 4.78 is 23.2. The zero-order valence-corrected chi connectivity index (χ0v) is 18.8. The number of aliphatic hydroxyl groups excluding tert-OH is 1. The highest BCUT2D eigenvalue weighted by Crippen LogP contribution is 2.61. The fourth-order valence-corrected chi connectivity index (χ4v) is 6.56. The molecular formula is C23H30O8. The molecule has 8 nitrogen and oxygen atoms in total. The van der Waals surface area contributed by atoms with Crippen molar-refractivity contribution in [3.63, 3.8) is 0 Å². The van der Waals surface area contributed by atoms with Crippen LogP contribution in [0.2, 0.25) is 0 Å². The molecule has 0 radical (unpaired) electrons. The third-order valence-electron chi connectivity index (χ3n) is 7.54. The molecule has 1 saturated carbocycles. The lowest BCUT2D eigenvalue weighted by atomic mass is 9.48. The lowest BCUT2D eigenvalue weighted by Gasteiger charge is -2.62. The lowest BCUT2D eigenvalue weighted by Crippen LogP contribution is -2.69. The van der Waals surface area contributed by atoms with E-state index < -0.39 is 52.3 Å². The van der Waals surface area contributed by atoms with Gasteiger partial charge in [0.2, 0.25) is 0 Å². The molecule has 1 N–H and O–H groups in total. The van der Waals surface area contributed by atoms with E-state index in [4.69, 9.17) is 18.6 Å². The van der Waals surface area contributed by atoms with Crippen LogP contribution in [-0.2, 0) is 25.5 Å². The molecule has 31 heavy (non-hydrogen) atoms. The number of rotatable bonds is 1. The minimum atomic E-state index is -1.07. The van der Waals surface area contributed by atoms with Crippen LogP contribution < -0.4 is 10.4 Å². The second-order valence-corrected chi connectivity index (χ2v) is 10.2. The molecular weight excluding hydrogens is 404 g/mol. The quantitative estimate of drug-likeness (QED) is 0.670. The van der Waals surface area contributed by atoms with Gasteiger partial charge in [0.1, 0.15) is 28.8 Å². The molecule has 0 amide bonds. The SMILES string of the molecule is CC(=O)OC1CC2(C)Oc3cc(C)oc(=O)c3CC2C2(C)C(O)CC(=O)OC(C)(C)C12. The largest absolute Gasteiger partial charge is 0.486 e. The number of aryl methyl sites for hydroxylation is 1. The van der Waals surface area contributed by atoms with Gasteiger partial charge >= 0.3 is 17.6 Å². The molecule has 1 aliphatic carbocycles. The van der Waals surface area contributed by atoms with Crippen molar-refractivity contribution < 1.29 is 33.3 Å². The van der Waals surface area contributed by atoms with Crippen LogP contribution in [0.15, 0.2) is 15.3 Å². The molecule has 170 valence electrons. The number of esters is 2. The molecule has 0 bridgehead atoms. The highest BCUT2D eigenvalue weighted by molar-refractivity contribution is 5.71. The van der Waals surface area contributed by atoms with Gasteiger partial charge in [0.15, 0.2) is 0 Å². The molecule has 1 aromatic rings. The van der Waals surface area contributed by atoms with Crippen molar-refractivity contribution in [2.75, 3.05) is 0 Å². The summed E-state index contributed by atoms with van der Waals surface area (Å²) in [6.45, 7) is 10.4. The van der Waals surface area contributed by atoms with Crippen LogP contribution in [0, 0.1) is 24.2 Å². The van der Waals surface area contributed by atoms with Crippen molar-refractivity contribution >= 4 is 11.9 Å². The van der Waals surface area contributed by atoms with Crippen LogP contribution in [0.25, 0.3) is 0 Å². The Morgan fingerprint density at radius 3 is 2.48 bits per heavy atom. The minimum Gasteiger partial charge on any atom is -0.486 e. The van der Waals surface area contributed by atoms with E-state index in [2.05, 4.69) is 0 Å². The van der Waals surface area contributed by atoms with Gasteiger partial charge in [-0.15, -0.1) is 0 Å². The smallest absolute Gasteiger partial charge is 0.342 e. The molecule has 3 aliphatic rings. The first-order valence-corrected chi connectivity index (χ1v) is 10.7. The van der Waals surface area contributed by atoms with E-state index in [0.29, 0.717) is 29.9 Å². The molecule has 6 atom stereocenters. The van der Waals surface area contributed by atoms with Gasteiger partial charge in [-0.3, -0.25) is 9.59 Å². The molecule has 1 aromatic heterocycles. The van der Waals surface area contributed by atoms with E-state index >= 15 is 0 Å². The van der Waals surface area contributed by atoms with Crippen LogP contribution >= 0.6 is 0 Å². The number of hydrogen-bond acceptors (Lipinski definition) is 8. The first-order valence-electron chi connectivity index (χ1n) is 10.7. The van der Waals surface area contributed by atoms with E-state index in [1.807, 2.05) is 13.8 Å². The topological polar surface area (TPSA) is 112 Å². The van der Waals surface area contributed by atoms with Gasteiger partial charge in [-0.25, -0.2) is 4.79 Å². The fraction of sp³-hybridized carbons (Fsp3) is 0.696. The number of ether oxygens (including phenoxy) is 3. The van der Waals surface area contributed by atoms with Crippen molar-refractivity contribution in [1.82, 2.24) is 0 Å². The zero-order chi connectivity index (χ0) is 22.9. The number of carbonyl (C=O) groups excluding carboxylic acids is 2. The molecule has 2 aliphatic heterocycles. The summed E-state index contributed by atoms with van der Waals surface area (Å²) in [6.07, 6.45) is -1.26. The monoisotopic (exact) mass is 434 g/mol. The van der Waals surface area contributed by atoms with Gasteiger partial charge in [0.05, 0.1) is 18.1 Å². The Bertz CT molecular complexity index is 994. The van der Waals surface area contributed by atoms with Crippen molar-refractivity contribution in [3.05, 3.63) is 27.8 Å². The Hall–Kier alpha value is -2.35. The Labute approximate surface area is 180 Å². The average molecular weight is 434 g/mol. The maximum absolute atomic E-state index is 12.6. The summed E-state index contributed by atoms with van der Waals surface area (Å²) in [6, 6.07) is 1.69. The Morgan fingerprint density at radius 1 is 1.16 bits per heavy atom. The zero-order valence-electron chi connectivity index (χ0n) is 18.8. The summed E-state index contributed by atoms with van der Waals surface area (Å²) in [7, 11) is 0. The van der Waals surface area contributed by atoms with Gasteiger partial charge in [0.25, 0.3) is 0 Å². The Kier molecular flexibility index (Phi) is 4.81. The van der Waals surface area contributed by atoms with E-state index in [9.17, 15) is 19.5 Å². The third-order valence-corrected chi connectivity index (χ3v) is 7.54. The second kappa shape index (κ2) is 6.82. The van der Waals surface area contributed by atoms with Crippen molar-refractivity contribution in [1.29, 1.82) is 0 Å². The molecule has 4 rings (SSSR count). The summed E-state index contributed by atoms with van der Waals surface area (Å²) in [5.41, 5.74) is -2.85.